The molecule has 3 nitrogen and oxygen atoms in total. The van der Waals surface area contributed by atoms with Gasteiger partial charge < -0.3 is 5.32 Å². The number of nitrogens with zero attached hydrogens (tertiary/aromatic N) is 2. The molecule has 0 aliphatic rings. The number of hydrogen-bond acceptors (Lipinski definition) is 2. The molecule has 1 aromatic heterocycles. The smallest absolute Gasteiger partial charge is 0.143 e. The fourth-order valence-corrected chi connectivity index (χ4v) is 2.55. The molecule has 21 heavy (non-hydrogen) atoms. The van der Waals surface area contributed by atoms with Crippen molar-refractivity contribution < 1.29 is 8.78 Å². The van der Waals surface area contributed by atoms with Crippen LogP contribution in [0.2, 0.25) is 0 Å². The second kappa shape index (κ2) is 7.13. The second-order valence-electron chi connectivity index (χ2n) is 4.95. The molecule has 0 radical (unpaired) electrons. The van der Waals surface area contributed by atoms with E-state index in [2.05, 4.69) is 26.3 Å². The Balaban J connectivity index is 2.29. The molecule has 0 aliphatic carbocycles. The maximum absolute atomic E-state index is 14.1. The van der Waals surface area contributed by atoms with Crippen molar-refractivity contribution in [2.75, 3.05) is 6.54 Å². The first-order chi connectivity index (χ1) is 10.0. The van der Waals surface area contributed by atoms with Crippen molar-refractivity contribution in [2.45, 2.75) is 25.8 Å². The second-order valence-corrected chi connectivity index (χ2v) is 5.80. The number of nitrogens with one attached hydrogen (secondary N) is 1. The molecule has 0 amide bonds. The van der Waals surface area contributed by atoms with Gasteiger partial charge in [-0.2, -0.15) is 5.10 Å². The zero-order valence-electron chi connectivity index (χ0n) is 12.0. The first-order valence-corrected chi connectivity index (χ1v) is 7.67. The predicted octanol–water partition coefficient (Wildman–Crippen LogP) is 3.74. The number of rotatable bonds is 6. The van der Waals surface area contributed by atoms with Crippen LogP contribution in [0.25, 0.3) is 0 Å². The Labute approximate surface area is 131 Å². The van der Waals surface area contributed by atoms with Crippen molar-refractivity contribution in [3.05, 3.63) is 51.8 Å². The monoisotopic (exact) mass is 357 g/mol. The van der Waals surface area contributed by atoms with Gasteiger partial charge in [0.2, 0.25) is 0 Å². The van der Waals surface area contributed by atoms with Gasteiger partial charge >= 0.3 is 0 Å². The summed E-state index contributed by atoms with van der Waals surface area (Å²) in [5.74, 6) is -1.08. The molecular formula is C15H18BrF2N3. The van der Waals surface area contributed by atoms with Crippen LogP contribution in [0, 0.1) is 11.6 Å². The molecule has 2 rings (SSSR count). The first-order valence-electron chi connectivity index (χ1n) is 6.88. The summed E-state index contributed by atoms with van der Waals surface area (Å²) in [5.41, 5.74) is 0.855. The molecule has 1 unspecified atom stereocenters. The molecule has 1 atom stereocenters. The Morgan fingerprint density at radius 1 is 1.33 bits per heavy atom. The highest BCUT2D eigenvalue weighted by molar-refractivity contribution is 9.10. The lowest BCUT2D eigenvalue weighted by Gasteiger charge is -2.17. The highest BCUT2D eigenvalue weighted by Gasteiger charge is 2.20. The number of aromatic nitrogens is 2. The van der Waals surface area contributed by atoms with E-state index >= 15 is 0 Å². The summed E-state index contributed by atoms with van der Waals surface area (Å²) >= 11 is 3.10. The number of halogens is 3. The van der Waals surface area contributed by atoms with Crippen molar-refractivity contribution in [2.24, 2.45) is 7.05 Å². The average Bonchev–Trinajstić information content (AvgIpc) is 2.89. The normalized spacial score (nSPS) is 12.6. The summed E-state index contributed by atoms with van der Waals surface area (Å²) in [6.07, 6.45) is 2.98. The molecule has 1 N–H and O–H groups in total. The number of aryl methyl sites for hydroxylation is 1. The van der Waals surface area contributed by atoms with Crippen molar-refractivity contribution >= 4 is 15.9 Å². The third-order valence-electron chi connectivity index (χ3n) is 3.28. The van der Waals surface area contributed by atoms with Gasteiger partial charge in [0.15, 0.2) is 0 Å². The van der Waals surface area contributed by atoms with Crippen molar-refractivity contribution in [1.29, 1.82) is 0 Å². The summed E-state index contributed by atoms with van der Waals surface area (Å²) in [6, 6.07) is 4.30. The van der Waals surface area contributed by atoms with E-state index < -0.39 is 11.6 Å². The van der Waals surface area contributed by atoms with Gasteiger partial charge in [-0.05, 0) is 53.5 Å². The highest BCUT2D eigenvalue weighted by atomic mass is 79.9. The van der Waals surface area contributed by atoms with Gasteiger partial charge in [0, 0.05) is 18.8 Å². The molecule has 0 fully saturated rings. The van der Waals surface area contributed by atoms with Gasteiger partial charge in [-0.1, -0.05) is 6.92 Å². The van der Waals surface area contributed by atoms with E-state index in [0.29, 0.717) is 0 Å². The maximum atomic E-state index is 14.1. The molecular weight excluding hydrogens is 340 g/mol. The number of hydrogen-bond donors (Lipinski definition) is 1. The Hall–Kier alpha value is -1.27. The lowest BCUT2D eigenvalue weighted by Crippen LogP contribution is -2.25. The average molecular weight is 358 g/mol. The van der Waals surface area contributed by atoms with Crippen LogP contribution in [0.3, 0.4) is 0 Å². The van der Waals surface area contributed by atoms with Gasteiger partial charge in [-0.3, -0.25) is 4.68 Å². The zero-order chi connectivity index (χ0) is 15.4. The summed E-state index contributed by atoms with van der Waals surface area (Å²) in [6.45, 7) is 2.81. The summed E-state index contributed by atoms with van der Waals surface area (Å²) < 4.78 is 30.0. The van der Waals surface area contributed by atoms with Gasteiger partial charge in [0.25, 0.3) is 0 Å². The van der Waals surface area contributed by atoms with E-state index in [0.717, 1.165) is 18.7 Å². The van der Waals surface area contributed by atoms with E-state index in [1.54, 1.807) is 4.68 Å². The topological polar surface area (TPSA) is 29.9 Å². The molecule has 1 heterocycles. The molecule has 0 spiro atoms. The third-order valence-corrected chi connectivity index (χ3v) is 3.89. The minimum atomic E-state index is -0.547. The quantitative estimate of drug-likeness (QED) is 0.798. The number of benzene rings is 1. The standard InChI is InChI=1S/C15H18BrF2N3/c1-3-7-19-14(13-6-8-21(2)20-13)9-10-12(17)5-4-11(16)15(10)18/h4-6,8,14,19H,3,7,9H2,1-2H3. The minimum Gasteiger partial charge on any atom is -0.308 e. The van der Waals surface area contributed by atoms with Crippen LogP contribution in [-0.4, -0.2) is 16.3 Å². The Bertz CT molecular complexity index is 613. The molecule has 2 aromatic rings. The highest BCUT2D eigenvalue weighted by Crippen LogP contribution is 2.26. The Morgan fingerprint density at radius 2 is 2.10 bits per heavy atom. The van der Waals surface area contributed by atoms with Crippen molar-refractivity contribution in [3.8, 4) is 0 Å². The van der Waals surface area contributed by atoms with Crippen LogP contribution in [0.15, 0.2) is 28.9 Å². The summed E-state index contributed by atoms with van der Waals surface area (Å²) in [5, 5.41) is 7.64. The maximum Gasteiger partial charge on any atom is 0.143 e. The fraction of sp³-hybridized carbons (Fsp3) is 0.400. The van der Waals surface area contributed by atoms with E-state index in [1.807, 2.05) is 26.2 Å². The Morgan fingerprint density at radius 3 is 2.71 bits per heavy atom. The van der Waals surface area contributed by atoms with Crippen LogP contribution in [0.4, 0.5) is 8.78 Å². The van der Waals surface area contributed by atoms with Gasteiger partial charge in [-0.15, -0.1) is 0 Å². The molecule has 1 aromatic carbocycles. The van der Waals surface area contributed by atoms with Crippen LogP contribution < -0.4 is 5.32 Å². The van der Waals surface area contributed by atoms with Crippen molar-refractivity contribution in [3.63, 3.8) is 0 Å². The predicted molar refractivity (Wildman–Crippen MR) is 82.0 cm³/mol. The van der Waals surface area contributed by atoms with E-state index in [1.165, 1.54) is 12.1 Å². The van der Waals surface area contributed by atoms with Gasteiger partial charge in [0.05, 0.1) is 16.2 Å². The zero-order valence-corrected chi connectivity index (χ0v) is 13.6. The van der Waals surface area contributed by atoms with Gasteiger partial charge in [0.1, 0.15) is 11.6 Å². The molecule has 0 saturated carbocycles. The first kappa shape index (κ1) is 16.1. The SMILES string of the molecule is CCCNC(Cc1c(F)ccc(Br)c1F)c1ccn(C)n1. The van der Waals surface area contributed by atoms with Crippen LogP contribution in [-0.2, 0) is 13.5 Å². The van der Waals surface area contributed by atoms with Crippen LogP contribution >= 0.6 is 15.9 Å². The van der Waals surface area contributed by atoms with Crippen LogP contribution in [0.1, 0.15) is 30.6 Å². The minimum absolute atomic E-state index is 0.0728. The lowest BCUT2D eigenvalue weighted by atomic mass is 10.0. The third kappa shape index (κ3) is 3.89. The molecule has 0 bridgehead atoms. The summed E-state index contributed by atoms with van der Waals surface area (Å²) in [4.78, 5) is 0. The molecule has 0 aliphatic heterocycles. The van der Waals surface area contributed by atoms with E-state index in [4.69, 9.17) is 0 Å². The Kier molecular flexibility index (Phi) is 5.47. The van der Waals surface area contributed by atoms with Gasteiger partial charge in [-0.25, -0.2) is 8.78 Å². The molecule has 114 valence electrons. The lowest BCUT2D eigenvalue weighted by molar-refractivity contribution is 0.477. The van der Waals surface area contributed by atoms with Crippen molar-refractivity contribution in [1.82, 2.24) is 15.1 Å². The molecule has 6 heteroatoms. The van der Waals surface area contributed by atoms with E-state index in [9.17, 15) is 8.78 Å². The molecule has 0 saturated heterocycles. The van der Waals surface area contributed by atoms with E-state index in [-0.39, 0.29) is 22.5 Å². The fourth-order valence-electron chi connectivity index (χ4n) is 2.18. The largest absolute Gasteiger partial charge is 0.308 e. The summed E-state index contributed by atoms with van der Waals surface area (Å²) in [7, 11) is 1.82. The van der Waals surface area contributed by atoms with Crippen LogP contribution in [0.5, 0.6) is 0 Å².